The van der Waals surface area contributed by atoms with E-state index in [1.165, 1.54) is 20.5 Å². The van der Waals surface area contributed by atoms with Crippen molar-refractivity contribution >= 4 is 33.4 Å². The van der Waals surface area contributed by atoms with Gasteiger partial charge in [0.25, 0.3) is 0 Å². The van der Waals surface area contributed by atoms with Gasteiger partial charge in [-0.2, -0.15) is 0 Å². The molecule has 1 heterocycles. The van der Waals surface area contributed by atoms with Crippen LogP contribution in [0.1, 0.15) is 44.2 Å². The second-order valence-corrected chi connectivity index (χ2v) is 8.39. The average Bonchev–Trinajstić information content (AvgIpc) is 2.64. The van der Waals surface area contributed by atoms with Gasteiger partial charge in [-0.3, -0.25) is 4.72 Å². The van der Waals surface area contributed by atoms with E-state index in [0.29, 0.717) is 6.04 Å². The first-order valence-corrected chi connectivity index (χ1v) is 7.93. The van der Waals surface area contributed by atoms with E-state index in [0.717, 1.165) is 0 Å². The molecule has 1 aromatic carbocycles. The molecule has 3 heteroatoms. The summed E-state index contributed by atoms with van der Waals surface area (Å²) in [5, 5.41) is 1.40. The zero-order valence-corrected chi connectivity index (χ0v) is 13.3. The number of rotatable bonds is 3. The summed E-state index contributed by atoms with van der Waals surface area (Å²) in [6.07, 6.45) is 0. The standard InChI is InChI=1S/C15H21NS2/c1-10-12-8-6-7-9-13(12)17-14(10)11(2)16-18-15(3,4)5/h6-9,11,16H,1-5H3/t11-/m1/s1. The van der Waals surface area contributed by atoms with E-state index in [1.807, 2.05) is 23.3 Å². The van der Waals surface area contributed by atoms with Gasteiger partial charge in [0.15, 0.2) is 0 Å². The van der Waals surface area contributed by atoms with Crippen molar-refractivity contribution in [1.82, 2.24) is 4.72 Å². The molecule has 0 radical (unpaired) electrons. The highest BCUT2D eigenvalue weighted by Gasteiger charge is 2.17. The molecule has 98 valence electrons. The van der Waals surface area contributed by atoms with Crippen molar-refractivity contribution in [2.75, 3.05) is 0 Å². The number of benzene rings is 1. The van der Waals surface area contributed by atoms with Gasteiger partial charge < -0.3 is 0 Å². The molecule has 2 rings (SSSR count). The van der Waals surface area contributed by atoms with Crippen molar-refractivity contribution in [3.63, 3.8) is 0 Å². The van der Waals surface area contributed by atoms with Crippen LogP contribution < -0.4 is 4.72 Å². The molecule has 0 bridgehead atoms. The van der Waals surface area contributed by atoms with Crippen LogP contribution in [-0.4, -0.2) is 4.75 Å². The monoisotopic (exact) mass is 279 g/mol. The first kappa shape index (κ1) is 13.9. The fourth-order valence-electron chi connectivity index (χ4n) is 1.93. The fourth-order valence-corrected chi connectivity index (χ4v) is 3.86. The van der Waals surface area contributed by atoms with E-state index in [9.17, 15) is 0 Å². The highest BCUT2D eigenvalue weighted by molar-refractivity contribution is 7.98. The van der Waals surface area contributed by atoms with E-state index in [2.05, 4.69) is 63.6 Å². The number of aryl methyl sites for hydroxylation is 1. The van der Waals surface area contributed by atoms with Crippen molar-refractivity contribution in [1.29, 1.82) is 0 Å². The van der Waals surface area contributed by atoms with E-state index in [4.69, 9.17) is 0 Å². The van der Waals surface area contributed by atoms with Gasteiger partial charge in [-0.25, -0.2) is 0 Å². The number of hydrogen-bond acceptors (Lipinski definition) is 3. The fraction of sp³-hybridized carbons (Fsp3) is 0.467. The lowest BCUT2D eigenvalue weighted by atomic mass is 10.1. The third kappa shape index (κ3) is 3.08. The maximum absolute atomic E-state index is 3.57. The van der Waals surface area contributed by atoms with Crippen LogP contribution in [0.25, 0.3) is 10.1 Å². The highest BCUT2D eigenvalue weighted by atomic mass is 32.2. The Kier molecular flexibility index (Phi) is 4.05. The van der Waals surface area contributed by atoms with Gasteiger partial charge >= 0.3 is 0 Å². The third-order valence-electron chi connectivity index (χ3n) is 2.82. The van der Waals surface area contributed by atoms with Crippen LogP contribution >= 0.6 is 23.3 Å². The minimum absolute atomic E-state index is 0.249. The molecule has 0 saturated carbocycles. The molecule has 0 spiro atoms. The molecule has 2 aromatic rings. The normalized spacial score (nSPS) is 14.1. The summed E-state index contributed by atoms with van der Waals surface area (Å²) in [5.41, 5.74) is 1.42. The first-order chi connectivity index (χ1) is 8.38. The van der Waals surface area contributed by atoms with Crippen molar-refractivity contribution in [3.05, 3.63) is 34.7 Å². The summed E-state index contributed by atoms with van der Waals surface area (Å²) >= 11 is 3.72. The van der Waals surface area contributed by atoms with Crippen LogP contribution in [0.3, 0.4) is 0 Å². The van der Waals surface area contributed by atoms with Gasteiger partial charge in [0, 0.05) is 20.4 Å². The number of nitrogens with one attached hydrogen (secondary N) is 1. The maximum Gasteiger partial charge on any atom is 0.0489 e. The molecule has 0 aliphatic heterocycles. The third-order valence-corrected chi connectivity index (χ3v) is 5.36. The Bertz CT molecular complexity index is 537. The Morgan fingerprint density at radius 3 is 2.50 bits per heavy atom. The van der Waals surface area contributed by atoms with Crippen LogP contribution in [0.2, 0.25) is 0 Å². The zero-order chi connectivity index (χ0) is 13.3. The van der Waals surface area contributed by atoms with Gasteiger partial charge in [0.05, 0.1) is 0 Å². The van der Waals surface area contributed by atoms with Gasteiger partial charge in [0.2, 0.25) is 0 Å². The lowest BCUT2D eigenvalue weighted by Crippen LogP contribution is -2.19. The molecule has 0 unspecified atom stereocenters. The Balaban J connectivity index is 2.23. The van der Waals surface area contributed by atoms with Gasteiger partial charge in [0.1, 0.15) is 0 Å². The molecular formula is C15H21NS2. The zero-order valence-electron chi connectivity index (χ0n) is 11.7. The number of thiophene rings is 1. The smallest absolute Gasteiger partial charge is 0.0489 e. The summed E-state index contributed by atoms with van der Waals surface area (Å²) in [6.45, 7) is 11.2. The van der Waals surface area contributed by atoms with Crippen LogP contribution in [0.4, 0.5) is 0 Å². The maximum atomic E-state index is 3.57. The molecule has 0 fully saturated rings. The molecule has 0 saturated heterocycles. The summed E-state index contributed by atoms with van der Waals surface area (Å²) in [4.78, 5) is 1.45. The Morgan fingerprint density at radius 2 is 1.89 bits per heavy atom. The highest BCUT2D eigenvalue weighted by Crippen LogP contribution is 2.36. The summed E-state index contributed by atoms with van der Waals surface area (Å²) in [7, 11) is 0. The Morgan fingerprint density at radius 1 is 1.22 bits per heavy atom. The predicted octanol–water partition coefficient (Wildman–Crippen LogP) is 5.31. The molecular weight excluding hydrogens is 258 g/mol. The molecule has 0 amide bonds. The van der Waals surface area contributed by atoms with Crippen LogP contribution in [0, 0.1) is 6.92 Å². The quantitative estimate of drug-likeness (QED) is 0.764. The predicted molar refractivity (Wildman–Crippen MR) is 85.5 cm³/mol. The Hall–Kier alpha value is -0.510. The minimum atomic E-state index is 0.249. The second-order valence-electron chi connectivity index (χ2n) is 5.64. The first-order valence-electron chi connectivity index (χ1n) is 6.30. The largest absolute Gasteiger partial charge is 0.256 e. The van der Waals surface area contributed by atoms with Crippen molar-refractivity contribution in [3.8, 4) is 0 Å². The molecule has 1 N–H and O–H groups in total. The number of hydrogen-bond donors (Lipinski definition) is 1. The van der Waals surface area contributed by atoms with Crippen molar-refractivity contribution in [2.24, 2.45) is 0 Å². The molecule has 1 atom stereocenters. The molecule has 1 nitrogen and oxygen atoms in total. The van der Waals surface area contributed by atoms with Crippen molar-refractivity contribution in [2.45, 2.75) is 45.4 Å². The molecule has 0 aliphatic carbocycles. The lowest BCUT2D eigenvalue weighted by Gasteiger charge is -2.21. The summed E-state index contributed by atoms with van der Waals surface area (Å²) in [5.74, 6) is 0. The second kappa shape index (κ2) is 5.24. The van der Waals surface area contributed by atoms with E-state index in [1.54, 1.807) is 0 Å². The van der Waals surface area contributed by atoms with Gasteiger partial charge in [-0.15, -0.1) is 11.3 Å². The minimum Gasteiger partial charge on any atom is -0.256 e. The van der Waals surface area contributed by atoms with Crippen LogP contribution in [0.15, 0.2) is 24.3 Å². The van der Waals surface area contributed by atoms with E-state index >= 15 is 0 Å². The summed E-state index contributed by atoms with van der Waals surface area (Å²) in [6, 6.07) is 9.05. The van der Waals surface area contributed by atoms with Crippen molar-refractivity contribution < 1.29 is 0 Å². The average molecular weight is 279 g/mol. The van der Waals surface area contributed by atoms with E-state index in [-0.39, 0.29) is 4.75 Å². The van der Waals surface area contributed by atoms with Crippen LogP contribution in [0.5, 0.6) is 0 Å². The lowest BCUT2D eigenvalue weighted by molar-refractivity contribution is 0.732. The van der Waals surface area contributed by atoms with Gasteiger partial charge in [-0.05, 0) is 51.6 Å². The Labute approximate surface area is 118 Å². The number of fused-ring (bicyclic) bond motifs is 1. The molecule has 18 heavy (non-hydrogen) atoms. The topological polar surface area (TPSA) is 12.0 Å². The SMILES string of the molecule is Cc1c([C@@H](C)NSC(C)(C)C)sc2ccccc12. The van der Waals surface area contributed by atoms with E-state index < -0.39 is 0 Å². The molecule has 0 aliphatic rings. The van der Waals surface area contributed by atoms with Crippen LogP contribution in [-0.2, 0) is 0 Å². The molecule has 1 aromatic heterocycles. The van der Waals surface area contributed by atoms with Gasteiger partial charge in [-0.1, -0.05) is 30.1 Å². The summed E-state index contributed by atoms with van der Waals surface area (Å²) < 4.78 is 5.20.